The summed E-state index contributed by atoms with van der Waals surface area (Å²) in [7, 11) is 0. The number of rotatable bonds is 4. The zero-order valence-corrected chi connectivity index (χ0v) is 12.8. The monoisotopic (exact) mass is 333 g/mol. The lowest BCUT2D eigenvalue weighted by atomic mass is 10.1. The van der Waals surface area contributed by atoms with Crippen molar-refractivity contribution >= 4 is 27.5 Å². The van der Waals surface area contributed by atoms with E-state index in [1.165, 1.54) is 0 Å². The number of aryl methyl sites for hydroxylation is 1. The van der Waals surface area contributed by atoms with Crippen LogP contribution in [-0.2, 0) is 6.42 Å². The average molecular weight is 334 g/mol. The van der Waals surface area contributed by atoms with Gasteiger partial charge in [-0.2, -0.15) is 0 Å². The van der Waals surface area contributed by atoms with Crippen LogP contribution in [0.25, 0.3) is 0 Å². The van der Waals surface area contributed by atoms with E-state index in [4.69, 9.17) is 5.11 Å². The van der Waals surface area contributed by atoms with E-state index in [0.29, 0.717) is 12.0 Å². The fraction of sp³-hybridized carbons (Fsp3) is 0.188. The summed E-state index contributed by atoms with van der Waals surface area (Å²) in [5, 5.41) is 11.7. The number of halogens is 1. The summed E-state index contributed by atoms with van der Waals surface area (Å²) in [6, 6.07) is 13.1. The second-order valence-corrected chi connectivity index (χ2v) is 5.56. The molecular formula is C16H16BrNO2. The first-order valence-electron chi connectivity index (χ1n) is 6.37. The summed E-state index contributed by atoms with van der Waals surface area (Å²) in [5.41, 5.74) is 3.44. The van der Waals surface area contributed by atoms with Gasteiger partial charge >= 0.3 is 0 Å². The van der Waals surface area contributed by atoms with Crippen LogP contribution in [0, 0.1) is 6.92 Å². The van der Waals surface area contributed by atoms with E-state index < -0.39 is 0 Å². The Morgan fingerprint density at radius 2 is 1.90 bits per heavy atom. The highest BCUT2D eigenvalue weighted by Gasteiger charge is 2.07. The summed E-state index contributed by atoms with van der Waals surface area (Å²) in [4.78, 5) is 12.2. The fourth-order valence-electron chi connectivity index (χ4n) is 1.95. The highest BCUT2D eigenvalue weighted by Crippen LogP contribution is 2.17. The van der Waals surface area contributed by atoms with Gasteiger partial charge in [-0.15, -0.1) is 0 Å². The van der Waals surface area contributed by atoms with E-state index in [-0.39, 0.29) is 12.5 Å². The van der Waals surface area contributed by atoms with Gasteiger partial charge in [0.25, 0.3) is 5.91 Å². The molecule has 0 spiro atoms. The van der Waals surface area contributed by atoms with Crippen LogP contribution in [0.3, 0.4) is 0 Å². The number of hydrogen-bond acceptors (Lipinski definition) is 2. The average Bonchev–Trinajstić information content (AvgIpc) is 2.40. The quantitative estimate of drug-likeness (QED) is 0.898. The molecule has 0 aliphatic heterocycles. The van der Waals surface area contributed by atoms with Gasteiger partial charge in [0, 0.05) is 22.3 Å². The molecule has 0 saturated carbocycles. The van der Waals surface area contributed by atoms with Crippen molar-refractivity contribution in [2.75, 3.05) is 11.9 Å². The molecular weight excluding hydrogens is 318 g/mol. The Labute approximate surface area is 126 Å². The van der Waals surface area contributed by atoms with Crippen molar-refractivity contribution in [1.82, 2.24) is 0 Å². The van der Waals surface area contributed by atoms with E-state index in [1.54, 1.807) is 6.07 Å². The van der Waals surface area contributed by atoms with Gasteiger partial charge in [0.15, 0.2) is 0 Å². The van der Waals surface area contributed by atoms with E-state index in [9.17, 15) is 4.79 Å². The molecule has 20 heavy (non-hydrogen) atoms. The highest BCUT2D eigenvalue weighted by atomic mass is 79.9. The van der Waals surface area contributed by atoms with E-state index in [2.05, 4.69) is 21.2 Å². The third-order valence-corrected chi connectivity index (χ3v) is 3.37. The fourth-order valence-corrected chi connectivity index (χ4v) is 2.56. The van der Waals surface area contributed by atoms with E-state index in [0.717, 1.165) is 21.3 Å². The molecule has 0 radical (unpaired) electrons. The molecule has 4 heteroatoms. The third kappa shape index (κ3) is 3.92. The Kier molecular flexibility index (Phi) is 4.93. The normalized spacial score (nSPS) is 10.3. The smallest absolute Gasteiger partial charge is 0.255 e. The zero-order valence-electron chi connectivity index (χ0n) is 11.2. The number of aliphatic hydroxyl groups is 1. The highest BCUT2D eigenvalue weighted by molar-refractivity contribution is 9.10. The Morgan fingerprint density at radius 3 is 2.50 bits per heavy atom. The number of aliphatic hydroxyl groups excluding tert-OH is 1. The number of nitrogens with one attached hydrogen (secondary N) is 1. The molecule has 0 fully saturated rings. The van der Waals surface area contributed by atoms with E-state index in [1.807, 2.05) is 43.3 Å². The number of carbonyl (C=O) groups is 1. The van der Waals surface area contributed by atoms with Crippen molar-refractivity contribution in [3.63, 3.8) is 0 Å². The third-order valence-electron chi connectivity index (χ3n) is 2.92. The molecule has 0 bridgehead atoms. The van der Waals surface area contributed by atoms with Crippen LogP contribution in [0.4, 0.5) is 5.69 Å². The molecule has 0 unspecified atom stereocenters. The molecule has 0 aliphatic rings. The lowest BCUT2D eigenvalue weighted by molar-refractivity contribution is 0.102. The molecule has 2 aromatic carbocycles. The van der Waals surface area contributed by atoms with Gasteiger partial charge < -0.3 is 10.4 Å². The first-order chi connectivity index (χ1) is 9.58. The summed E-state index contributed by atoms with van der Waals surface area (Å²) >= 11 is 3.39. The van der Waals surface area contributed by atoms with Gasteiger partial charge in [0.2, 0.25) is 0 Å². The summed E-state index contributed by atoms with van der Waals surface area (Å²) < 4.78 is 0.890. The van der Waals surface area contributed by atoms with Crippen molar-refractivity contribution in [1.29, 1.82) is 0 Å². The molecule has 2 rings (SSSR count). The second kappa shape index (κ2) is 6.68. The van der Waals surface area contributed by atoms with Crippen LogP contribution >= 0.6 is 15.9 Å². The Bertz CT molecular complexity index is 588. The Balaban J connectivity index is 2.10. The maximum Gasteiger partial charge on any atom is 0.255 e. The molecule has 0 atom stereocenters. The topological polar surface area (TPSA) is 49.3 Å². The van der Waals surface area contributed by atoms with Gasteiger partial charge in [-0.25, -0.2) is 0 Å². The maximum atomic E-state index is 12.2. The van der Waals surface area contributed by atoms with Crippen molar-refractivity contribution in [3.05, 3.63) is 63.6 Å². The van der Waals surface area contributed by atoms with Gasteiger partial charge in [-0.05, 0) is 54.8 Å². The predicted molar refractivity (Wildman–Crippen MR) is 84.1 cm³/mol. The molecule has 0 heterocycles. The lowest BCUT2D eigenvalue weighted by Gasteiger charge is -2.07. The minimum absolute atomic E-state index is 0.128. The number of anilines is 1. The number of carbonyl (C=O) groups excluding carboxylic acids is 1. The zero-order chi connectivity index (χ0) is 14.5. The molecule has 1 amide bonds. The Hall–Kier alpha value is -1.65. The Morgan fingerprint density at radius 1 is 1.20 bits per heavy atom. The summed E-state index contributed by atoms with van der Waals surface area (Å²) in [6.07, 6.45) is 0.624. The van der Waals surface area contributed by atoms with Gasteiger partial charge in [0.1, 0.15) is 0 Å². The minimum Gasteiger partial charge on any atom is -0.396 e. The predicted octanol–water partition coefficient (Wildman–Crippen LogP) is 3.54. The number of benzene rings is 2. The van der Waals surface area contributed by atoms with Gasteiger partial charge in [-0.1, -0.05) is 28.1 Å². The van der Waals surface area contributed by atoms with Crippen LogP contribution < -0.4 is 5.32 Å². The standard InChI is InChI=1S/C16H16BrNO2/c1-11-8-13(10-14(17)9-11)16(20)18-15-4-2-12(3-5-15)6-7-19/h2-5,8-10,19H,6-7H2,1H3,(H,18,20). The first kappa shape index (κ1) is 14.8. The van der Waals surface area contributed by atoms with Crippen molar-refractivity contribution in [3.8, 4) is 0 Å². The summed E-state index contributed by atoms with van der Waals surface area (Å²) in [6.45, 7) is 2.08. The molecule has 0 aliphatic carbocycles. The molecule has 104 valence electrons. The molecule has 2 N–H and O–H groups in total. The molecule has 0 aromatic heterocycles. The number of hydrogen-bond donors (Lipinski definition) is 2. The SMILES string of the molecule is Cc1cc(Br)cc(C(=O)Nc2ccc(CCO)cc2)c1. The van der Waals surface area contributed by atoms with Crippen LogP contribution in [0.2, 0.25) is 0 Å². The van der Waals surface area contributed by atoms with Crippen molar-refractivity contribution < 1.29 is 9.90 Å². The van der Waals surface area contributed by atoms with Crippen molar-refractivity contribution in [2.24, 2.45) is 0 Å². The molecule has 0 saturated heterocycles. The van der Waals surface area contributed by atoms with Crippen molar-refractivity contribution in [2.45, 2.75) is 13.3 Å². The first-order valence-corrected chi connectivity index (χ1v) is 7.16. The molecule has 2 aromatic rings. The maximum absolute atomic E-state index is 12.2. The largest absolute Gasteiger partial charge is 0.396 e. The minimum atomic E-state index is -0.135. The summed E-state index contributed by atoms with van der Waals surface area (Å²) in [5.74, 6) is -0.135. The van der Waals surface area contributed by atoms with Crippen LogP contribution in [0.15, 0.2) is 46.9 Å². The van der Waals surface area contributed by atoms with E-state index >= 15 is 0 Å². The molecule has 3 nitrogen and oxygen atoms in total. The van der Waals surface area contributed by atoms with Gasteiger partial charge in [0.05, 0.1) is 0 Å². The lowest BCUT2D eigenvalue weighted by Crippen LogP contribution is -2.12. The van der Waals surface area contributed by atoms with Crippen LogP contribution in [0.5, 0.6) is 0 Å². The van der Waals surface area contributed by atoms with Crippen LogP contribution in [0.1, 0.15) is 21.5 Å². The van der Waals surface area contributed by atoms with Crippen LogP contribution in [-0.4, -0.2) is 17.6 Å². The number of amides is 1. The van der Waals surface area contributed by atoms with Gasteiger partial charge in [-0.3, -0.25) is 4.79 Å². The second-order valence-electron chi connectivity index (χ2n) is 4.64.